The van der Waals surface area contributed by atoms with Gasteiger partial charge in [-0.2, -0.15) is 0 Å². The molecule has 1 amide bonds. The van der Waals surface area contributed by atoms with E-state index in [1.807, 2.05) is 31.7 Å². The highest BCUT2D eigenvalue weighted by Gasteiger charge is 2.26. The summed E-state index contributed by atoms with van der Waals surface area (Å²) in [5.41, 5.74) is -0.396. The molecule has 0 radical (unpaired) electrons. The van der Waals surface area contributed by atoms with Crippen LogP contribution >= 0.6 is 0 Å². The Morgan fingerprint density at radius 2 is 2.00 bits per heavy atom. The van der Waals surface area contributed by atoms with Gasteiger partial charge < -0.3 is 15.0 Å². The molecule has 1 aliphatic rings. The average molecular weight is 296 g/mol. The van der Waals surface area contributed by atoms with Gasteiger partial charge in [0.1, 0.15) is 5.60 Å². The Morgan fingerprint density at radius 3 is 2.57 bits per heavy atom. The fourth-order valence-electron chi connectivity index (χ4n) is 2.62. The van der Waals surface area contributed by atoms with Crippen LogP contribution in [0.25, 0.3) is 0 Å². The van der Waals surface area contributed by atoms with Gasteiger partial charge in [-0.3, -0.25) is 0 Å². The van der Waals surface area contributed by atoms with Crippen LogP contribution in [0.5, 0.6) is 0 Å². The predicted molar refractivity (Wildman–Crippen MR) is 87.4 cm³/mol. The molecule has 122 valence electrons. The maximum atomic E-state index is 12.0. The summed E-state index contributed by atoms with van der Waals surface area (Å²) in [7, 11) is 0. The van der Waals surface area contributed by atoms with Crippen LogP contribution in [-0.4, -0.2) is 42.8 Å². The molecule has 1 heterocycles. The van der Waals surface area contributed by atoms with Gasteiger partial charge in [-0.05, 0) is 52.5 Å². The van der Waals surface area contributed by atoms with E-state index in [1.165, 1.54) is 19.3 Å². The second kappa shape index (κ2) is 9.08. The Hall–Kier alpha value is -1.03. The lowest BCUT2D eigenvalue weighted by Gasteiger charge is -2.33. The molecule has 1 saturated heterocycles. The van der Waals surface area contributed by atoms with Crippen LogP contribution in [0, 0.1) is 5.92 Å². The number of rotatable bonds is 7. The number of unbranched alkanes of at least 4 members (excludes halogenated alkanes) is 1. The molecule has 0 aliphatic carbocycles. The molecule has 21 heavy (non-hydrogen) atoms. The van der Waals surface area contributed by atoms with Crippen LogP contribution in [0.2, 0.25) is 0 Å². The molecule has 1 fully saturated rings. The summed E-state index contributed by atoms with van der Waals surface area (Å²) < 4.78 is 5.42. The van der Waals surface area contributed by atoms with E-state index < -0.39 is 5.60 Å². The summed E-state index contributed by atoms with van der Waals surface area (Å²) in [5, 5.41) is 3.33. The van der Waals surface area contributed by atoms with Gasteiger partial charge in [0.2, 0.25) is 0 Å². The highest BCUT2D eigenvalue weighted by atomic mass is 16.6. The highest BCUT2D eigenvalue weighted by Crippen LogP contribution is 2.23. The first kappa shape index (κ1) is 18.0. The fourth-order valence-corrected chi connectivity index (χ4v) is 2.62. The molecular weight excluding hydrogens is 264 g/mol. The van der Waals surface area contributed by atoms with Gasteiger partial charge in [-0.25, -0.2) is 4.79 Å². The van der Waals surface area contributed by atoms with Gasteiger partial charge in [-0.15, -0.1) is 6.58 Å². The number of carbonyl (C=O) groups is 1. The van der Waals surface area contributed by atoms with Gasteiger partial charge in [-0.1, -0.05) is 18.9 Å². The first-order valence-electron chi connectivity index (χ1n) is 8.22. The zero-order chi connectivity index (χ0) is 15.7. The number of amides is 1. The topological polar surface area (TPSA) is 41.6 Å². The maximum Gasteiger partial charge on any atom is 0.410 e. The van der Waals surface area contributed by atoms with Crippen molar-refractivity contribution in [3.05, 3.63) is 12.7 Å². The van der Waals surface area contributed by atoms with Crippen molar-refractivity contribution in [1.29, 1.82) is 0 Å². The first-order valence-corrected chi connectivity index (χ1v) is 8.22. The third-order valence-corrected chi connectivity index (χ3v) is 3.77. The van der Waals surface area contributed by atoms with Gasteiger partial charge in [0.15, 0.2) is 0 Å². The van der Waals surface area contributed by atoms with Crippen molar-refractivity contribution in [2.75, 3.05) is 26.2 Å². The smallest absolute Gasteiger partial charge is 0.410 e. The van der Waals surface area contributed by atoms with Crippen molar-refractivity contribution in [1.82, 2.24) is 10.2 Å². The zero-order valence-electron chi connectivity index (χ0n) is 14.0. The Bertz CT molecular complexity index is 315. The fraction of sp³-hybridized carbons (Fsp3) is 0.824. The lowest BCUT2D eigenvalue weighted by molar-refractivity contribution is 0.0180. The number of ether oxygens (including phenoxy) is 1. The molecule has 1 aliphatic heterocycles. The summed E-state index contributed by atoms with van der Waals surface area (Å²) in [6.45, 7) is 13.1. The van der Waals surface area contributed by atoms with E-state index in [0.29, 0.717) is 0 Å². The van der Waals surface area contributed by atoms with E-state index in [9.17, 15) is 4.79 Å². The van der Waals surface area contributed by atoms with Gasteiger partial charge in [0.25, 0.3) is 0 Å². The SMILES string of the molecule is C=CCNCCCCC1CCN(C(=O)OC(C)(C)C)CC1. The molecule has 0 saturated carbocycles. The lowest BCUT2D eigenvalue weighted by Crippen LogP contribution is -2.41. The minimum Gasteiger partial charge on any atom is -0.444 e. The van der Waals surface area contributed by atoms with Crippen LogP contribution in [-0.2, 0) is 4.74 Å². The normalized spacial score (nSPS) is 16.8. The second-order valence-corrected chi connectivity index (χ2v) is 6.90. The van der Waals surface area contributed by atoms with Crippen LogP contribution in [0.4, 0.5) is 4.79 Å². The Kier molecular flexibility index (Phi) is 7.79. The molecule has 0 atom stereocenters. The third kappa shape index (κ3) is 8.10. The van der Waals surface area contributed by atoms with Crippen LogP contribution < -0.4 is 5.32 Å². The highest BCUT2D eigenvalue weighted by molar-refractivity contribution is 5.68. The van der Waals surface area contributed by atoms with Crippen molar-refractivity contribution < 1.29 is 9.53 Å². The van der Waals surface area contributed by atoms with E-state index in [4.69, 9.17) is 4.74 Å². The van der Waals surface area contributed by atoms with Gasteiger partial charge >= 0.3 is 6.09 Å². The molecule has 4 nitrogen and oxygen atoms in total. The molecule has 1 N–H and O–H groups in total. The second-order valence-electron chi connectivity index (χ2n) is 6.90. The van der Waals surface area contributed by atoms with Crippen LogP contribution in [0.1, 0.15) is 52.9 Å². The Balaban J connectivity index is 2.12. The molecule has 0 aromatic carbocycles. The van der Waals surface area contributed by atoms with Crippen molar-refractivity contribution in [3.63, 3.8) is 0 Å². The third-order valence-electron chi connectivity index (χ3n) is 3.77. The van der Waals surface area contributed by atoms with Crippen molar-refractivity contribution in [2.45, 2.75) is 58.5 Å². The van der Waals surface area contributed by atoms with Crippen molar-refractivity contribution >= 4 is 6.09 Å². The molecule has 1 rings (SSSR count). The largest absolute Gasteiger partial charge is 0.444 e. The van der Waals surface area contributed by atoms with E-state index >= 15 is 0 Å². The van der Waals surface area contributed by atoms with E-state index in [0.717, 1.165) is 44.9 Å². The average Bonchev–Trinajstić information content (AvgIpc) is 2.41. The quantitative estimate of drug-likeness (QED) is 0.577. The van der Waals surface area contributed by atoms with Gasteiger partial charge in [0.05, 0.1) is 0 Å². The lowest BCUT2D eigenvalue weighted by atomic mass is 9.92. The van der Waals surface area contributed by atoms with Gasteiger partial charge in [0, 0.05) is 19.6 Å². The molecule has 0 unspecified atom stereocenters. The summed E-state index contributed by atoms with van der Waals surface area (Å²) in [4.78, 5) is 13.8. The monoisotopic (exact) mass is 296 g/mol. The number of hydrogen-bond acceptors (Lipinski definition) is 3. The van der Waals surface area contributed by atoms with Crippen molar-refractivity contribution in [2.24, 2.45) is 5.92 Å². The Morgan fingerprint density at radius 1 is 1.33 bits per heavy atom. The molecule has 0 bridgehead atoms. The number of likely N-dealkylation sites (tertiary alicyclic amines) is 1. The number of nitrogens with zero attached hydrogens (tertiary/aromatic N) is 1. The molecule has 4 heteroatoms. The summed E-state index contributed by atoms with van der Waals surface area (Å²) in [6, 6.07) is 0. The maximum absolute atomic E-state index is 12.0. The molecular formula is C17H32N2O2. The zero-order valence-corrected chi connectivity index (χ0v) is 14.0. The van der Waals surface area contributed by atoms with E-state index in [-0.39, 0.29) is 6.09 Å². The number of nitrogens with one attached hydrogen (secondary N) is 1. The molecule has 0 spiro atoms. The van der Waals surface area contributed by atoms with E-state index in [2.05, 4.69) is 11.9 Å². The summed E-state index contributed by atoms with van der Waals surface area (Å²) in [6.07, 6.45) is 7.72. The summed E-state index contributed by atoms with van der Waals surface area (Å²) in [5.74, 6) is 0.767. The number of carbonyl (C=O) groups excluding carboxylic acids is 1. The van der Waals surface area contributed by atoms with E-state index in [1.54, 1.807) is 0 Å². The van der Waals surface area contributed by atoms with Crippen LogP contribution in [0.15, 0.2) is 12.7 Å². The molecule has 0 aromatic rings. The number of piperidine rings is 1. The van der Waals surface area contributed by atoms with Crippen molar-refractivity contribution in [3.8, 4) is 0 Å². The Labute approximate surface area is 129 Å². The summed E-state index contributed by atoms with van der Waals surface area (Å²) >= 11 is 0. The minimum absolute atomic E-state index is 0.158. The standard InChI is InChI=1S/C17H32N2O2/c1-5-11-18-12-7-6-8-15-9-13-19(14-10-15)16(20)21-17(2,3)4/h5,15,18H,1,6-14H2,2-4H3. The number of hydrogen-bond donors (Lipinski definition) is 1. The minimum atomic E-state index is -0.396. The predicted octanol–water partition coefficient (Wildman–Crippen LogP) is 3.58. The first-order chi connectivity index (χ1) is 9.92. The van der Waals surface area contributed by atoms with Crippen LogP contribution in [0.3, 0.4) is 0 Å². The molecule has 0 aromatic heterocycles.